The lowest BCUT2D eigenvalue weighted by molar-refractivity contribution is -0.121. The third kappa shape index (κ3) is 6.23. The van der Waals surface area contributed by atoms with E-state index in [4.69, 9.17) is 18.0 Å². The number of likely N-dealkylation sites (N-methyl/N-ethyl adjacent to an activating group) is 1. The maximum atomic E-state index is 12.1. The third-order valence-electron chi connectivity index (χ3n) is 3.32. The molecule has 0 fully saturated rings. The Bertz CT molecular complexity index is 483. The summed E-state index contributed by atoms with van der Waals surface area (Å²) in [6, 6.07) is 7.65. The predicted octanol–water partition coefficient (Wildman–Crippen LogP) is 1.57. The number of nitrogens with zero attached hydrogens (tertiary/aromatic N) is 1. The fourth-order valence-electron chi connectivity index (χ4n) is 2.05. The summed E-state index contributed by atoms with van der Waals surface area (Å²) in [5, 5.41) is 3.10. The van der Waals surface area contributed by atoms with E-state index in [0.717, 1.165) is 17.7 Å². The molecule has 0 aliphatic heterocycles. The summed E-state index contributed by atoms with van der Waals surface area (Å²) < 4.78 is 0. The second kappa shape index (κ2) is 8.10. The number of nitrogens with one attached hydrogen (secondary N) is 1. The average Bonchev–Trinajstić information content (AvgIpc) is 2.37. The molecule has 1 amide bonds. The molecule has 1 unspecified atom stereocenters. The Morgan fingerprint density at radius 3 is 2.29 bits per heavy atom. The molecule has 0 radical (unpaired) electrons. The first-order chi connectivity index (χ1) is 9.79. The summed E-state index contributed by atoms with van der Waals surface area (Å²) in [6.45, 7) is 5.07. The maximum Gasteiger partial charge on any atom is 0.224 e. The number of amides is 1. The molecule has 5 heteroatoms. The van der Waals surface area contributed by atoms with Crippen molar-refractivity contribution in [2.24, 2.45) is 11.7 Å². The van der Waals surface area contributed by atoms with Crippen molar-refractivity contribution in [1.82, 2.24) is 10.2 Å². The highest BCUT2D eigenvalue weighted by Crippen LogP contribution is 2.07. The minimum absolute atomic E-state index is 0.0404. The van der Waals surface area contributed by atoms with Gasteiger partial charge in [0.25, 0.3) is 0 Å². The lowest BCUT2D eigenvalue weighted by Gasteiger charge is -2.25. The van der Waals surface area contributed by atoms with Gasteiger partial charge in [0.2, 0.25) is 5.91 Å². The molecule has 0 saturated carbocycles. The van der Waals surface area contributed by atoms with E-state index in [1.807, 2.05) is 38.4 Å². The Hall–Kier alpha value is -1.46. The highest BCUT2D eigenvalue weighted by Gasteiger charge is 2.17. The number of carbonyl (C=O) groups is 1. The van der Waals surface area contributed by atoms with Gasteiger partial charge in [0.1, 0.15) is 4.99 Å². The first-order valence-electron chi connectivity index (χ1n) is 7.12. The van der Waals surface area contributed by atoms with Crippen LogP contribution in [0.1, 0.15) is 25.0 Å². The van der Waals surface area contributed by atoms with Gasteiger partial charge in [-0.1, -0.05) is 50.3 Å². The normalized spacial score (nSPS) is 12.5. The number of hydrogen-bond acceptors (Lipinski definition) is 3. The van der Waals surface area contributed by atoms with E-state index in [1.54, 1.807) is 0 Å². The summed E-state index contributed by atoms with van der Waals surface area (Å²) in [5.41, 5.74) is 7.34. The first-order valence-corrected chi connectivity index (χ1v) is 7.53. The van der Waals surface area contributed by atoms with E-state index in [1.165, 1.54) is 0 Å². The molecular formula is C16H25N3OS. The molecule has 0 aliphatic carbocycles. The molecule has 0 spiro atoms. The van der Waals surface area contributed by atoms with Gasteiger partial charge in [0, 0.05) is 18.2 Å². The zero-order valence-corrected chi connectivity index (χ0v) is 14.0. The molecule has 1 atom stereocenters. The summed E-state index contributed by atoms with van der Waals surface area (Å²) in [4.78, 5) is 14.6. The molecule has 0 saturated heterocycles. The highest BCUT2D eigenvalue weighted by atomic mass is 32.1. The monoisotopic (exact) mass is 307 g/mol. The maximum absolute atomic E-state index is 12.1. The van der Waals surface area contributed by atoms with Gasteiger partial charge in [-0.05, 0) is 25.6 Å². The van der Waals surface area contributed by atoms with Crippen LogP contribution in [0.15, 0.2) is 24.3 Å². The van der Waals surface area contributed by atoms with Crippen molar-refractivity contribution in [2.45, 2.75) is 26.3 Å². The van der Waals surface area contributed by atoms with E-state index < -0.39 is 0 Å². The number of nitrogens with two attached hydrogens (primary N) is 1. The van der Waals surface area contributed by atoms with E-state index in [9.17, 15) is 4.79 Å². The Kier molecular flexibility index (Phi) is 6.78. The van der Waals surface area contributed by atoms with Crippen LogP contribution in [0.5, 0.6) is 0 Å². The fraction of sp³-hybridized carbons (Fsp3) is 0.500. The van der Waals surface area contributed by atoms with Crippen molar-refractivity contribution in [3.8, 4) is 0 Å². The van der Waals surface area contributed by atoms with Crippen molar-refractivity contribution in [3.63, 3.8) is 0 Å². The van der Waals surface area contributed by atoms with Gasteiger partial charge in [-0.15, -0.1) is 0 Å². The summed E-state index contributed by atoms with van der Waals surface area (Å²) >= 11 is 4.91. The van der Waals surface area contributed by atoms with Crippen LogP contribution in [0.3, 0.4) is 0 Å². The van der Waals surface area contributed by atoms with Crippen molar-refractivity contribution < 1.29 is 4.79 Å². The average molecular weight is 307 g/mol. The van der Waals surface area contributed by atoms with Crippen molar-refractivity contribution >= 4 is 23.1 Å². The molecular weight excluding hydrogens is 282 g/mol. The number of benzene rings is 1. The highest BCUT2D eigenvalue weighted by molar-refractivity contribution is 7.80. The van der Waals surface area contributed by atoms with Crippen LogP contribution in [-0.2, 0) is 11.2 Å². The van der Waals surface area contributed by atoms with Gasteiger partial charge in [-0.25, -0.2) is 0 Å². The standard InChI is InChI=1S/C16H25N3OS/c1-11(2)14(10-19(3)4)18-15(20)9-12-5-7-13(8-6-12)16(17)21/h5-8,11,14H,9-10H2,1-4H3,(H2,17,21)(H,18,20). The third-order valence-corrected chi connectivity index (χ3v) is 3.55. The molecule has 0 aliphatic rings. The van der Waals surface area contributed by atoms with Gasteiger partial charge in [-0.2, -0.15) is 0 Å². The lowest BCUT2D eigenvalue weighted by Crippen LogP contribution is -2.45. The summed E-state index contributed by atoms with van der Waals surface area (Å²) in [6.07, 6.45) is 0.369. The van der Waals surface area contributed by atoms with E-state index in [-0.39, 0.29) is 11.9 Å². The molecule has 1 aromatic carbocycles. The minimum atomic E-state index is 0.0404. The lowest BCUT2D eigenvalue weighted by atomic mass is 10.0. The zero-order chi connectivity index (χ0) is 16.0. The molecule has 0 bridgehead atoms. The summed E-state index contributed by atoms with van der Waals surface area (Å²) in [7, 11) is 4.02. The van der Waals surface area contributed by atoms with Crippen LogP contribution in [0.25, 0.3) is 0 Å². The number of carbonyl (C=O) groups excluding carboxylic acids is 1. The number of rotatable bonds is 7. The topological polar surface area (TPSA) is 58.4 Å². The molecule has 3 N–H and O–H groups in total. The van der Waals surface area contributed by atoms with Crippen LogP contribution >= 0.6 is 12.2 Å². The zero-order valence-electron chi connectivity index (χ0n) is 13.2. The number of thiocarbonyl (C=S) groups is 1. The molecule has 1 rings (SSSR count). The second-order valence-corrected chi connectivity index (χ2v) is 6.36. The van der Waals surface area contributed by atoms with Gasteiger partial charge in [0.15, 0.2) is 0 Å². The largest absolute Gasteiger partial charge is 0.389 e. The van der Waals surface area contributed by atoms with Crippen LogP contribution in [0.4, 0.5) is 0 Å². The van der Waals surface area contributed by atoms with Crippen LogP contribution in [-0.4, -0.2) is 42.5 Å². The Morgan fingerprint density at radius 1 is 1.29 bits per heavy atom. The van der Waals surface area contributed by atoms with Crippen LogP contribution in [0.2, 0.25) is 0 Å². The van der Waals surface area contributed by atoms with Crippen molar-refractivity contribution in [3.05, 3.63) is 35.4 Å². The number of hydrogen-bond donors (Lipinski definition) is 2. The summed E-state index contributed by atoms with van der Waals surface area (Å²) in [5.74, 6) is 0.437. The van der Waals surface area contributed by atoms with Crippen molar-refractivity contribution in [2.75, 3.05) is 20.6 Å². The molecule has 0 aromatic heterocycles. The molecule has 21 heavy (non-hydrogen) atoms. The molecule has 1 aromatic rings. The molecule has 4 nitrogen and oxygen atoms in total. The van der Waals surface area contributed by atoms with Gasteiger partial charge >= 0.3 is 0 Å². The van der Waals surface area contributed by atoms with Crippen LogP contribution < -0.4 is 11.1 Å². The quantitative estimate of drug-likeness (QED) is 0.751. The van der Waals surface area contributed by atoms with Gasteiger partial charge in [0.05, 0.1) is 6.42 Å². The Labute approximate surface area is 132 Å². The smallest absolute Gasteiger partial charge is 0.224 e. The fourth-order valence-corrected chi connectivity index (χ4v) is 2.18. The molecule has 116 valence electrons. The Morgan fingerprint density at radius 2 is 1.86 bits per heavy atom. The van der Waals surface area contributed by atoms with E-state index in [2.05, 4.69) is 24.1 Å². The SMILES string of the molecule is CC(C)C(CN(C)C)NC(=O)Cc1ccc(C(N)=S)cc1. The van der Waals surface area contributed by atoms with Crippen LogP contribution in [0, 0.1) is 5.92 Å². The predicted molar refractivity (Wildman–Crippen MR) is 91.4 cm³/mol. The first kappa shape index (κ1) is 17.6. The van der Waals surface area contributed by atoms with E-state index >= 15 is 0 Å². The Balaban J connectivity index is 2.61. The van der Waals surface area contributed by atoms with E-state index in [0.29, 0.717) is 17.3 Å². The van der Waals surface area contributed by atoms with Gasteiger partial charge in [-0.3, -0.25) is 4.79 Å². The van der Waals surface area contributed by atoms with Crippen molar-refractivity contribution in [1.29, 1.82) is 0 Å². The minimum Gasteiger partial charge on any atom is -0.389 e. The second-order valence-electron chi connectivity index (χ2n) is 5.92. The molecule has 0 heterocycles. The van der Waals surface area contributed by atoms with Gasteiger partial charge < -0.3 is 16.0 Å².